The number of alkyl carbamates (subject to hydrolysis) is 1. The lowest BCUT2D eigenvalue weighted by molar-refractivity contribution is -0.139. The number of rotatable bonds is 7. The van der Waals surface area contributed by atoms with Crippen LogP contribution in [0.1, 0.15) is 18.9 Å². The molecule has 0 saturated carbocycles. The zero-order valence-corrected chi connectivity index (χ0v) is 12.4. The van der Waals surface area contributed by atoms with Crippen LogP contribution < -0.4 is 5.32 Å². The zero-order valence-electron chi connectivity index (χ0n) is 11.6. The van der Waals surface area contributed by atoms with Gasteiger partial charge in [-0.25, -0.2) is 9.59 Å². The number of carboxylic acid groups (broad SMARTS) is 1. The lowest BCUT2D eigenvalue weighted by atomic mass is 10.2. The van der Waals surface area contributed by atoms with Crippen LogP contribution in [0, 0.1) is 0 Å². The van der Waals surface area contributed by atoms with E-state index in [-0.39, 0.29) is 18.1 Å². The monoisotopic (exact) mass is 311 g/mol. The molecule has 0 aliphatic carbocycles. The fraction of sp³-hybridized carbons (Fsp3) is 0.357. The first-order valence-electron chi connectivity index (χ1n) is 6.32. The first-order valence-corrected chi connectivity index (χ1v) is 7.31. The lowest BCUT2D eigenvalue weighted by Gasteiger charge is -2.14. The van der Waals surface area contributed by atoms with Gasteiger partial charge in [0.2, 0.25) is 0 Å². The number of thioether (sulfide) groups is 1. The Balaban J connectivity index is 2.38. The maximum atomic E-state index is 11.6. The van der Waals surface area contributed by atoms with Crippen LogP contribution in [0.25, 0.3) is 0 Å². The third kappa shape index (κ3) is 7.36. The van der Waals surface area contributed by atoms with Crippen molar-refractivity contribution < 1.29 is 24.2 Å². The van der Waals surface area contributed by atoms with E-state index in [2.05, 4.69) is 5.32 Å². The van der Waals surface area contributed by atoms with Gasteiger partial charge in [-0.15, -0.1) is 0 Å². The van der Waals surface area contributed by atoms with Crippen LogP contribution in [0.5, 0.6) is 0 Å². The highest BCUT2D eigenvalue weighted by molar-refractivity contribution is 8.13. The van der Waals surface area contributed by atoms with Gasteiger partial charge in [0.05, 0.1) is 0 Å². The molecule has 1 rings (SSSR count). The topological polar surface area (TPSA) is 92.7 Å². The molecule has 0 aromatic heterocycles. The van der Waals surface area contributed by atoms with E-state index in [1.165, 1.54) is 6.92 Å². The second-order valence-electron chi connectivity index (χ2n) is 4.23. The summed E-state index contributed by atoms with van der Waals surface area (Å²) >= 11 is 1.02. The lowest BCUT2D eigenvalue weighted by Crippen LogP contribution is -2.41. The molecule has 0 aliphatic rings. The largest absolute Gasteiger partial charge is 0.480 e. The Kier molecular flexibility index (Phi) is 7.31. The molecule has 1 aromatic rings. The molecule has 0 radical (unpaired) electrons. The van der Waals surface area contributed by atoms with E-state index in [4.69, 9.17) is 9.84 Å². The van der Waals surface area contributed by atoms with Crippen molar-refractivity contribution in [1.29, 1.82) is 0 Å². The number of nitrogens with one attached hydrogen (secondary N) is 1. The predicted octanol–water partition coefficient (Wildman–Crippen LogP) is 2.04. The van der Waals surface area contributed by atoms with Gasteiger partial charge < -0.3 is 15.2 Å². The summed E-state index contributed by atoms with van der Waals surface area (Å²) in [7, 11) is 0. The van der Waals surface area contributed by atoms with Crippen LogP contribution in [0.3, 0.4) is 0 Å². The molecule has 0 fully saturated rings. The average Bonchev–Trinajstić information content (AvgIpc) is 2.44. The highest BCUT2D eigenvalue weighted by atomic mass is 32.2. The molecule has 1 aromatic carbocycles. The Morgan fingerprint density at radius 2 is 1.95 bits per heavy atom. The van der Waals surface area contributed by atoms with Gasteiger partial charge in [0, 0.05) is 12.7 Å². The van der Waals surface area contributed by atoms with E-state index in [1.54, 1.807) is 12.1 Å². The first kappa shape index (κ1) is 17.0. The van der Waals surface area contributed by atoms with E-state index in [0.717, 1.165) is 17.3 Å². The number of carbonyl (C=O) groups is 3. The Morgan fingerprint density at radius 1 is 1.29 bits per heavy atom. The van der Waals surface area contributed by atoms with Gasteiger partial charge in [-0.1, -0.05) is 42.1 Å². The average molecular weight is 311 g/mol. The van der Waals surface area contributed by atoms with Crippen molar-refractivity contribution in [3.63, 3.8) is 0 Å². The molecule has 2 N–H and O–H groups in total. The molecule has 6 nitrogen and oxygen atoms in total. The summed E-state index contributed by atoms with van der Waals surface area (Å²) in [4.78, 5) is 33.4. The van der Waals surface area contributed by atoms with Gasteiger partial charge in [0.25, 0.3) is 0 Å². The molecule has 1 atom stereocenters. The van der Waals surface area contributed by atoms with Gasteiger partial charge >= 0.3 is 12.1 Å². The van der Waals surface area contributed by atoms with E-state index >= 15 is 0 Å². The van der Waals surface area contributed by atoms with E-state index < -0.39 is 18.1 Å². The van der Waals surface area contributed by atoms with E-state index in [0.29, 0.717) is 5.75 Å². The standard InChI is InChI=1S/C14H17NO5S/c1-10(16)21-8-7-12(13(17)18)15-14(19)20-9-11-5-3-2-4-6-11/h2-6,12H,7-9H2,1H3,(H,15,19)(H,17,18). The summed E-state index contributed by atoms with van der Waals surface area (Å²) in [5, 5.41) is 11.2. The number of carboxylic acids is 1. The van der Waals surface area contributed by atoms with Crippen LogP contribution in [-0.2, 0) is 20.9 Å². The normalized spacial score (nSPS) is 11.5. The number of aliphatic carboxylic acids is 1. The second kappa shape index (κ2) is 9.02. The van der Waals surface area contributed by atoms with Crippen molar-refractivity contribution in [3.8, 4) is 0 Å². The summed E-state index contributed by atoms with van der Waals surface area (Å²) in [6.07, 6.45) is -0.640. The molecular formula is C14H17NO5S. The van der Waals surface area contributed by atoms with Crippen molar-refractivity contribution in [3.05, 3.63) is 35.9 Å². The number of benzene rings is 1. The fourth-order valence-electron chi connectivity index (χ4n) is 1.48. The van der Waals surface area contributed by atoms with E-state index in [1.807, 2.05) is 18.2 Å². The third-order valence-corrected chi connectivity index (χ3v) is 3.36. The van der Waals surface area contributed by atoms with Crippen LogP contribution in [0.4, 0.5) is 4.79 Å². The van der Waals surface area contributed by atoms with Crippen LogP contribution in [0.15, 0.2) is 30.3 Å². The third-order valence-electron chi connectivity index (χ3n) is 2.51. The minimum atomic E-state index is -1.16. The van der Waals surface area contributed by atoms with Crippen LogP contribution in [0.2, 0.25) is 0 Å². The summed E-state index contributed by atoms with van der Waals surface area (Å²) < 4.78 is 4.95. The fourth-order valence-corrected chi connectivity index (χ4v) is 2.13. The number of hydrogen-bond donors (Lipinski definition) is 2. The summed E-state index contributed by atoms with van der Waals surface area (Å²) in [6.45, 7) is 1.48. The first-order chi connectivity index (χ1) is 9.99. The van der Waals surface area contributed by atoms with Crippen molar-refractivity contribution >= 4 is 28.9 Å². The molecule has 0 spiro atoms. The number of ether oxygens (including phenoxy) is 1. The maximum absolute atomic E-state index is 11.6. The van der Waals surface area contributed by atoms with Crippen LogP contribution >= 0.6 is 11.8 Å². The van der Waals surface area contributed by atoms with Gasteiger partial charge in [-0.05, 0) is 12.0 Å². The molecule has 0 heterocycles. The predicted molar refractivity (Wildman–Crippen MR) is 78.9 cm³/mol. The van der Waals surface area contributed by atoms with E-state index in [9.17, 15) is 14.4 Å². The Bertz CT molecular complexity index is 491. The second-order valence-corrected chi connectivity index (χ2v) is 5.50. The number of amides is 1. The van der Waals surface area contributed by atoms with Crippen molar-refractivity contribution in [2.45, 2.75) is 26.0 Å². The highest BCUT2D eigenvalue weighted by Crippen LogP contribution is 2.07. The summed E-state index contributed by atoms with van der Waals surface area (Å²) in [5.74, 6) is -0.832. The Labute approximate surface area is 126 Å². The molecule has 21 heavy (non-hydrogen) atoms. The van der Waals surface area contributed by atoms with Crippen molar-refractivity contribution in [2.24, 2.45) is 0 Å². The minimum Gasteiger partial charge on any atom is -0.480 e. The van der Waals surface area contributed by atoms with Gasteiger partial charge in [0.1, 0.15) is 12.6 Å². The summed E-state index contributed by atoms with van der Waals surface area (Å²) in [5.41, 5.74) is 0.812. The Morgan fingerprint density at radius 3 is 2.52 bits per heavy atom. The van der Waals surface area contributed by atoms with Crippen molar-refractivity contribution in [1.82, 2.24) is 5.32 Å². The molecule has 0 saturated heterocycles. The summed E-state index contributed by atoms with van der Waals surface area (Å²) in [6, 6.07) is 8.00. The molecular weight excluding hydrogens is 294 g/mol. The van der Waals surface area contributed by atoms with Gasteiger partial charge in [0.15, 0.2) is 5.12 Å². The quantitative estimate of drug-likeness (QED) is 0.800. The molecule has 7 heteroatoms. The van der Waals surface area contributed by atoms with Gasteiger partial charge in [-0.3, -0.25) is 4.79 Å². The molecule has 1 unspecified atom stereocenters. The maximum Gasteiger partial charge on any atom is 0.408 e. The van der Waals surface area contributed by atoms with Crippen LogP contribution in [-0.4, -0.2) is 34.1 Å². The molecule has 114 valence electrons. The highest BCUT2D eigenvalue weighted by Gasteiger charge is 2.20. The number of hydrogen-bond acceptors (Lipinski definition) is 5. The number of carbonyl (C=O) groups excluding carboxylic acids is 2. The molecule has 0 aliphatic heterocycles. The van der Waals surface area contributed by atoms with Crippen molar-refractivity contribution in [2.75, 3.05) is 5.75 Å². The molecule has 1 amide bonds. The van der Waals surface area contributed by atoms with Gasteiger partial charge in [-0.2, -0.15) is 0 Å². The molecule has 0 bridgehead atoms. The minimum absolute atomic E-state index is 0.0706. The Hall–Kier alpha value is -2.02. The smallest absolute Gasteiger partial charge is 0.408 e. The SMILES string of the molecule is CC(=O)SCCC(NC(=O)OCc1ccccc1)C(=O)O. The zero-order chi connectivity index (χ0) is 15.7.